The molecule has 140 valence electrons. The van der Waals surface area contributed by atoms with E-state index in [1.165, 1.54) is 10.6 Å². The van der Waals surface area contributed by atoms with Crippen molar-refractivity contribution in [3.8, 4) is 5.75 Å². The molecule has 1 fully saturated rings. The molecule has 2 aromatic heterocycles. The van der Waals surface area contributed by atoms with Crippen LogP contribution in [0.3, 0.4) is 0 Å². The molecule has 4 rings (SSSR count). The highest BCUT2D eigenvalue weighted by Crippen LogP contribution is 2.33. The Balaban J connectivity index is 1.76. The van der Waals surface area contributed by atoms with Crippen LogP contribution in [0.25, 0.3) is 5.65 Å². The number of likely N-dealkylation sites (tertiary alicyclic amines) is 1. The van der Waals surface area contributed by atoms with Crippen molar-refractivity contribution in [1.29, 1.82) is 0 Å². The summed E-state index contributed by atoms with van der Waals surface area (Å²) in [5.41, 5.74) is 2.82. The number of phenols is 1. The zero-order chi connectivity index (χ0) is 19.1. The molecular formula is C20H22N4O3. The summed E-state index contributed by atoms with van der Waals surface area (Å²) in [6, 6.07) is 8.24. The molecule has 1 aliphatic heterocycles. The zero-order valence-corrected chi connectivity index (χ0v) is 15.4. The van der Waals surface area contributed by atoms with Crippen molar-refractivity contribution in [2.45, 2.75) is 39.2 Å². The van der Waals surface area contributed by atoms with Crippen molar-refractivity contribution >= 4 is 11.6 Å². The fourth-order valence-corrected chi connectivity index (χ4v) is 3.72. The van der Waals surface area contributed by atoms with Gasteiger partial charge in [-0.25, -0.2) is 9.50 Å². The molecule has 0 radical (unpaired) electrons. The average Bonchev–Trinajstić information content (AvgIpc) is 3.10. The van der Waals surface area contributed by atoms with Gasteiger partial charge in [-0.1, -0.05) is 12.1 Å². The second kappa shape index (κ2) is 6.57. The summed E-state index contributed by atoms with van der Waals surface area (Å²) in [4.78, 5) is 31.8. The van der Waals surface area contributed by atoms with Gasteiger partial charge in [0, 0.05) is 23.9 Å². The predicted molar refractivity (Wildman–Crippen MR) is 101 cm³/mol. The quantitative estimate of drug-likeness (QED) is 0.730. The van der Waals surface area contributed by atoms with Gasteiger partial charge in [0.1, 0.15) is 5.75 Å². The first-order valence-electron chi connectivity index (χ1n) is 9.15. The van der Waals surface area contributed by atoms with E-state index in [0.29, 0.717) is 29.0 Å². The third kappa shape index (κ3) is 2.89. The van der Waals surface area contributed by atoms with Gasteiger partial charge in [0.05, 0.1) is 17.3 Å². The number of H-pyrrole nitrogens is 1. The van der Waals surface area contributed by atoms with Crippen LogP contribution in [0.4, 0.5) is 0 Å². The number of fused-ring (bicyclic) bond motifs is 1. The molecule has 7 nitrogen and oxygen atoms in total. The van der Waals surface area contributed by atoms with Gasteiger partial charge < -0.3 is 10.0 Å². The second-order valence-electron chi connectivity index (χ2n) is 7.06. The molecular weight excluding hydrogens is 344 g/mol. The topological polar surface area (TPSA) is 90.7 Å². The van der Waals surface area contributed by atoms with Crippen LogP contribution in [0, 0.1) is 13.8 Å². The van der Waals surface area contributed by atoms with E-state index in [2.05, 4.69) is 10.1 Å². The monoisotopic (exact) mass is 366 g/mol. The minimum Gasteiger partial charge on any atom is -0.507 e. The Morgan fingerprint density at radius 1 is 1.26 bits per heavy atom. The van der Waals surface area contributed by atoms with Crippen molar-refractivity contribution in [2.75, 3.05) is 6.54 Å². The molecule has 1 atom stereocenters. The van der Waals surface area contributed by atoms with Gasteiger partial charge in [0.2, 0.25) is 0 Å². The zero-order valence-electron chi connectivity index (χ0n) is 15.4. The Kier molecular flexibility index (Phi) is 4.22. The smallest absolute Gasteiger partial charge is 0.275 e. The van der Waals surface area contributed by atoms with Crippen LogP contribution in [-0.2, 0) is 0 Å². The molecule has 2 N–H and O–H groups in total. The number of carbonyl (C=O) groups excluding carboxylic acids is 1. The highest BCUT2D eigenvalue weighted by atomic mass is 16.3. The molecule has 0 aliphatic carbocycles. The number of phenolic OH excluding ortho intramolecular Hbond substituents is 1. The summed E-state index contributed by atoms with van der Waals surface area (Å²) in [6.07, 6.45) is 2.69. The normalized spacial score (nSPS) is 17.4. The number of nitrogens with one attached hydrogen (secondary N) is 1. The number of aromatic amines is 1. The Morgan fingerprint density at radius 3 is 2.81 bits per heavy atom. The molecule has 3 heterocycles. The van der Waals surface area contributed by atoms with Gasteiger partial charge in [-0.3, -0.25) is 14.7 Å². The fourth-order valence-electron chi connectivity index (χ4n) is 3.72. The van der Waals surface area contributed by atoms with Gasteiger partial charge in [-0.2, -0.15) is 0 Å². The highest BCUT2D eigenvalue weighted by Gasteiger charge is 2.31. The van der Waals surface area contributed by atoms with Crippen LogP contribution in [-0.4, -0.2) is 37.1 Å². The Hall–Kier alpha value is -3.09. The third-order valence-electron chi connectivity index (χ3n) is 5.36. The number of nitrogens with zero attached hydrogens (tertiary/aromatic N) is 3. The Bertz CT molecular complexity index is 1080. The van der Waals surface area contributed by atoms with E-state index < -0.39 is 0 Å². The molecule has 1 amide bonds. The number of rotatable bonds is 2. The molecule has 3 aromatic rings. The average molecular weight is 366 g/mol. The maximum atomic E-state index is 13.1. The van der Waals surface area contributed by atoms with Gasteiger partial charge >= 0.3 is 0 Å². The number of amides is 1. The van der Waals surface area contributed by atoms with Crippen LogP contribution < -0.4 is 5.56 Å². The highest BCUT2D eigenvalue weighted by molar-refractivity contribution is 5.97. The van der Waals surface area contributed by atoms with Gasteiger partial charge in [0.25, 0.3) is 11.5 Å². The molecule has 1 aliphatic rings. The fraction of sp³-hybridized carbons (Fsp3) is 0.350. The van der Waals surface area contributed by atoms with E-state index in [0.717, 1.165) is 25.0 Å². The van der Waals surface area contributed by atoms with Crippen molar-refractivity contribution in [3.63, 3.8) is 0 Å². The van der Waals surface area contributed by atoms with E-state index in [-0.39, 0.29) is 23.3 Å². The standard InChI is InChI=1S/C20H22N4O3/c1-12-13(2)21-18-11-15(22-24(18)19(12)26)16-8-5-6-10-23(16)20(27)14-7-3-4-9-17(14)25/h3-4,7,9,11,16,22,25H,5-6,8,10H2,1-2H3. The first kappa shape index (κ1) is 17.3. The number of hydrogen-bond acceptors (Lipinski definition) is 4. The Morgan fingerprint density at radius 2 is 2.04 bits per heavy atom. The molecule has 27 heavy (non-hydrogen) atoms. The van der Waals surface area contributed by atoms with Crippen molar-refractivity contribution in [2.24, 2.45) is 0 Å². The molecule has 7 heteroatoms. The van der Waals surface area contributed by atoms with Crippen LogP contribution >= 0.6 is 0 Å². The van der Waals surface area contributed by atoms with E-state index in [1.54, 1.807) is 30.0 Å². The molecule has 0 bridgehead atoms. The summed E-state index contributed by atoms with van der Waals surface area (Å²) < 4.78 is 1.44. The number of aryl methyl sites for hydroxylation is 1. The molecule has 0 saturated carbocycles. The van der Waals surface area contributed by atoms with Gasteiger partial charge in [-0.15, -0.1) is 0 Å². The third-order valence-corrected chi connectivity index (χ3v) is 5.36. The summed E-state index contributed by atoms with van der Waals surface area (Å²) in [6.45, 7) is 4.18. The predicted octanol–water partition coefficient (Wildman–Crippen LogP) is 2.71. The lowest BCUT2D eigenvalue weighted by molar-refractivity contribution is 0.0602. The first-order chi connectivity index (χ1) is 13.0. The van der Waals surface area contributed by atoms with Gasteiger partial charge in [0.15, 0.2) is 5.65 Å². The van der Waals surface area contributed by atoms with Crippen LogP contribution in [0.1, 0.15) is 52.6 Å². The van der Waals surface area contributed by atoms with E-state index >= 15 is 0 Å². The number of benzene rings is 1. The lowest BCUT2D eigenvalue weighted by Gasteiger charge is -2.35. The molecule has 1 unspecified atom stereocenters. The maximum absolute atomic E-state index is 13.1. The van der Waals surface area contributed by atoms with Crippen LogP contribution in [0.2, 0.25) is 0 Å². The SMILES string of the molecule is Cc1nc2cc(C3CCCCN3C(=O)c3ccccc3O)[nH]n2c(=O)c1C. The number of carbonyl (C=O) groups is 1. The maximum Gasteiger partial charge on any atom is 0.275 e. The summed E-state index contributed by atoms with van der Waals surface area (Å²) in [5, 5.41) is 13.2. The number of piperidine rings is 1. The number of aromatic hydroxyl groups is 1. The van der Waals surface area contributed by atoms with E-state index in [4.69, 9.17) is 0 Å². The van der Waals surface area contributed by atoms with E-state index in [1.807, 2.05) is 13.0 Å². The number of para-hydroxylation sites is 1. The summed E-state index contributed by atoms with van der Waals surface area (Å²) in [5.74, 6) is -0.225. The minimum absolute atomic E-state index is 0.0207. The lowest BCUT2D eigenvalue weighted by Crippen LogP contribution is -2.38. The number of aromatic nitrogens is 3. The van der Waals surface area contributed by atoms with Gasteiger partial charge in [-0.05, 0) is 45.2 Å². The first-order valence-corrected chi connectivity index (χ1v) is 9.15. The summed E-state index contributed by atoms with van der Waals surface area (Å²) >= 11 is 0. The van der Waals surface area contributed by atoms with E-state index in [9.17, 15) is 14.7 Å². The number of hydrogen-bond donors (Lipinski definition) is 2. The molecule has 0 spiro atoms. The van der Waals surface area contributed by atoms with Crippen LogP contribution in [0.15, 0.2) is 35.1 Å². The van der Waals surface area contributed by atoms with Crippen LogP contribution in [0.5, 0.6) is 5.75 Å². The second-order valence-corrected chi connectivity index (χ2v) is 7.06. The lowest BCUT2D eigenvalue weighted by atomic mass is 9.98. The Labute approximate surface area is 156 Å². The molecule has 1 aromatic carbocycles. The van der Waals surface area contributed by atoms with Crippen molar-refractivity contribution in [3.05, 3.63) is 63.2 Å². The van der Waals surface area contributed by atoms with Crippen molar-refractivity contribution in [1.82, 2.24) is 19.5 Å². The van der Waals surface area contributed by atoms with Crippen molar-refractivity contribution < 1.29 is 9.90 Å². The molecule has 1 saturated heterocycles. The largest absolute Gasteiger partial charge is 0.507 e. The minimum atomic E-state index is -0.205. The summed E-state index contributed by atoms with van der Waals surface area (Å²) in [7, 11) is 0.